The van der Waals surface area contributed by atoms with Gasteiger partial charge in [-0.25, -0.2) is 17.4 Å². The number of fused-ring (bicyclic) bond motifs is 1. The molecular formula is C16H25N3O3S. The number of rotatable bonds is 3. The highest BCUT2D eigenvalue weighted by atomic mass is 32.2. The van der Waals surface area contributed by atoms with Gasteiger partial charge in [0.1, 0.15) is 0 Å². The van der Waals surface area contributed by atoms with Crippen LogP contribution in [0.25, 0.3) is 0 Å². The third kappa shape index (κ3) is 3.50. The first-order valence-electron chi connectivity index (χ1n) is 8.60. The second-order valence-corrected chi connectivity index (χ2v) is 8.75. The number of piperidine rings is 1. The van der Waals surface area contributed by atoms with Crippen molar-refractivity contribution in [2.75, 3.05) is 18.8 Å². The van der Waals surface area contributed by atoms with Crippen LogP contribution in [0.15, 0.2) is 10.9 Å². The highest BCUT2D eigenvalue weighted by Crippen LogP contribution is 2.24. The van der Waals surface area contributed by atoms with E-state index in [9.17, 15) is 13.2 Å². The Bertz CT molecular complexity index is 719. The van der Waals surface area contributed by atoms with E-state index >= 15 is 0 Å². The maximum absolute atomic E-state index is 12.4. The van der Waals surface area contributed by atoms with Gasteiger partial charge in [0.2, 0.25) is 10.0 Å². The third-order valence-corrected chi connectivity index (χ3v) is 6.89. The van der Waals surface area contributed by atoms with Gasteiger partial charge in [-0.1, -0.05) is 6.42 Å². The Morgan fingerprint density at radius 3 is 2.57 bits per heavy atom. The van der Waals surface area contributed by atoms with E-state index in [1.165, 1.54) is 10.7 Å². The smallest absolute Gasteiger partial charge is 0.267 e. The van der Waals surface area contributed by atoms with E-state index in [1.807, 2.05) is 0 Å². The van der Waals surface area contributed by atoms with Crippen molar-refractivity contribution < 1.29 is 8.42 Å². The van der Waals surface area contributed by atoms with Gasteiger partial charge in [0.15, 0.2) is 0 Å². The number of aryl methyl sites for hydroxylation is 2. The summed E-state index contributed by atoms with van der Waals surface area (Å²) in [6, 6.07) is 1.77. The molecule has 0 aromatic carbocycles. The van der Waals surface area contributed by atoms with E-state index in [2.05, 4.69) is 5.10 Å². The zero-order valence-electron chi connectivity index (χ0n) is 13.7. The van der Waals surface area contributed by atoms with Gasteiger partial charge < -0.3 is 0 Å². The molecule has 0 bridgehead atoms. The van der Waals surface area contributed by atoms with Crippen LogP contribution in [-0.2, 0) is 22.9 Å². The second kappa shape index (κ2) is 6.73. The van der Waals surface area contributed by atoms with Crippen LogP contribution in [0.2, 0.25) is 0 Å². The Kier molecular flexibility index (Phi) is 4.87. The lowest BCUT2D eigenvalue weighted by Gasteiger charge is -2.31. The lowest BCUT2D eigenvalue weighted by molar-refractivity contribution is 0.254. The molecule has 0 saturated carbocycles. The van der Waals surface area contributed by atoms with Crippen molar-refractivity contribution in [1.82, 2.24) is 14.1 Å². The SMILES string of the molecule is CCS(=O)(=O)N1CCC(n2nc3c(cc2=O)CCCCC3)CC1. The number of aromatic nitrogens is 2. The Morgan fingerprint density at radius 2 is 1.87 bits per heavy atom. The summed E-state index contributed by atoms with van der Waals surface area (Å²) in [5.74, 6) is 0.134. The first-order valence-corrected chi connectivity index (χ1v) is 10.2. The zero-order chi connectivity index (χ0) is 16.4. The molecule has 0 atom stereocenters. The predicted octanol–water partition coefficient (Wildman–Crippen LogP) is 1.50. The Hall–Kier alpha value is -1.21. The lowest BCUT2D eigenvalue weighted by Crippen LogP contribution is -2.42. The fourth-order valence-corrected chi connectivity index (χ4v) is 4.70. The monoisotopic (exact) mass is 339 g/mol. The minimum Gasteiger partial charge on any atom is -0.268 e. The van der Waals surface area contributed by atoms with Crippen molar-refractivity contribution in [3.8, 4) is 0 Å². The van der Waals surface area contributed by atoms with Gasteiger partial charge >= 0.3 is 0 Å². The van der Waals surface area contributed by atoms with Crippen molar-refractivity contribution in [1.29, 1.82) is 0 Å². The van der Waals surface area contributed by atoms with Crippen molar-refractivity contribution in [3.05, 3.63) is 27.7 Å². The molecule has 1 aromatic heterocycles. The van der Waals surface area contributed by atoms with Crippen LogP contribution in [-0.4, -0.2) is 41.3 Å². The molecular weight excluding hydrogens is 314 g/mol. The van der Waals surface area contributed by atoms with Gasteiger partial charge in [0.25, 0.3) is 5.56 Å². The fourth-order valence-electron chi connectivity index (χ4n) is 3.56. The number of hydrogen-bond donors (Lipinski definition) is 0. The molecule has 1 aliphatic heterocycles. The van der Waals surface area contributed by atoms with Crippen molar-refractivity contribution in [3.63, 3.8) is 0 Å². The molecule has 2 heterocycles. The molecule has 0 unspecified atom stereocenters. The van der Waals surface area contributed by atoms with E-state index in [-0.39, 0.29) is 17.4 Å². The maximum Gasteiger partial charge on any atom is 0.267 e. The summed E-state index contributed by atoms with van der Waals surface area (Å²) in [6.07, 6.45) is 6.66. The molecule has 1 aromatic rings. The summed E-state index contributed by atoms with van der Waals surface area (Å²) in [4.78, 5) is 12.4. The van der Waals surface area contributed by atoms with Crippen LogP contribution in [0.4, 0.5) is 0 Å². The van der Waals surface area contributed by atoms with Gasteiger partial charge in [0, 0.05) is 19.2 Å². The summed E-state index contributed by atoms with van der Waals surface area (Å²) in [7, 11) is -3.13. The largest absolute Gasteiger partial charge is 0.268 e. The lowest BCUT2D eigenvalue weighted by atomic mass is 10.1. The summed E-state index contributed by atoms with van der Waals surface area (Å²) >= 11 is 0. The second-order valence-electron chi connectivity index (χ2n) is 6.49. The van der Waals surface area contributed by atoms with E-state index in [0.29, 0.717) is 25.9 Å². The van der Waals surface area contributed by atoms with Crippen LogP contribution in [0.3, 0.4) is 0 Å². The summed E-state index contributed by atoms with van der Waals surface area (Å²) < 4.78 is 27.0. The summed E-state index contributed by atoms with van der Waals surface area (Å²) in [6.45, 7) is 2.62. The quantitative estimate of drug-likeness (QED) is 0.782. The highest BCUT2D eigenvalue weighted by Gasteiger charge is 2.28. The fraction of sp³-hybridized carbons (Fsp3) is 0.750. The number of sulfonamides is 1. The average molecular weight is 339 g/mol. The molecule has 1 fully saturated rings. The van der Waals surface area contributed by atoms with Gasteiger partial charge in [-0.2, -0.15) is 5.10 Å². The van der Waals surface area contributed by atoms with Crippen molar-refractivity contribution >= 4 is 10.0 Å². The molecule has 128 valence electrons. The standard InChI is InChI=1S/C16H25N3O3S/c1-2-23(21,22)18-10-8-14(9-11-18)19-16(20)12-13-6-4-3-5-7-15(13)17-19/h12,14H,2-11H2,1H3. The van der Waals surface area contributed by atoms with E-state index in [1.54, 1.807) is 17.7 Å². The van der Waals surface area contributed by atoms with Crippen molar-refractivity contribution in [2.24, 2.45) is 0 Å². The van der Waals surface area contributed by atoms with E-state index in [0.717, 1.165) is 36.9 Å². The molecule has 0 radical (unpaired) electrons. The average Bonchev–Trinajstić information content (AvgIpc) is 2.79. The molecule has 1 saturated heterocycles. The first kappa shape index (κ1) is 16.6. The maximum atomic E-state index is 12.4. The number of nitrogens with zero attached hydrogens (tertiary/aromatic N) is 3. The van der Waals surface area contributed by atoms with Crippen LogP contribution in [0.5, 0.6) is 0 Å². The minimum absolute atomic E-state index is 0.0133. The number of hydrogen-bond acceptors (Lipinski definition) is 4. The molecule has 23 heavy (non-hydrogen) atoms. The van der Waals surface area contributed by atoms with Crippen LogP contribution < -0.4 is 5.56 Å². The molecule has 0 spiro atoms. The molecule has 2 aliphatic rings. The van der Waals surface area contributed by atoms with Crippen LogP contribution >= 0.6 is 0 Å². The van der Waals surface area contributed by atoms with Gasteiger partial charge in [0.05, 0.1) is 17.5 Å². The van der Waals surface area contributed by atoms with Gasteiger partial charge in [-0.3, -0.25) is 4.79 Å². The summed E-state index contributed by atoms with van der Waals surface area (Å²) in [5.41, 5.74) is 2.13. The molecule has 6 nitrogen and oxygen atoms in total. The Balaban J connectivity index is 1.79. The zero-order valence-corrected chi connectivity index (χ0v) is 14.5. The molecule has 7 heteroatoms. The molecule has 1 aliphatic carbocycles. The first-order chi connectivity index (χ1) is 11.0. The highest BCUT2D eigenvalue weighted by molar-refractivity contribution is 7.89. The summed E-state index contributed by atoms with van der Waals surface area (Å²) in [5, 5.41) is 4.64. The molecule has 0 amide bonds. The van der Waals surface area contributed by atoms with Crippen LogP contribution in [0.1, 0.15) is 56.3 Å². The third-order valence-electron chi connectivity index (χ3n) is 5.01. The van der Waals surface area contributed by atoms with E-state index < -0.39 is 10.0 Å². The predicted molar refractivity (Wildman–Crippen MR) is 89.1 cm³/mol. The molecule has 0 N–H and O–H groups in total. The minimum atomic E-state index is -3.13. The normalized spacial score (nSPS) is 20.9. The van der Waals surface area contributed by atoms with E-state index in [4.69, 9.17) is 0 Å². The van der Waals surface area contributed by atoms with Crippen molar-refractivity contribution in [2.45, 2.75) is 57.9 Å². The van der Waals surface area contributed by atoms with Crippen LogP contribution in [0, 0.1) is 0 Å². The Morgan fingerprint density at radius 1 is 1.17 bits per heavy atom. The Labute approximate surface area is 137 Å². The van der Waals surface area contributed by atoms with Gasteiger partial charge in [-0.15, -0.1) is 0 Å². The molecule has 3 rings (SSSR count). The topological polar surface area (TPSA) is 72.3 Å². The van der Waals surface area contributed by atoms with Gasteiger partial charge in [-0.05, 0) is 51.0 Å².